The topological polar surface area (TPSA) is 84.6 Å². The van der Waals surface area contributed by atoms with Crippen LogP contribution in [0.1, 0.15) is 38.0 Å². The van der Waals surface area contributed by atoms with Crippen molar-refractivity contribution in [3.8, 4) is 0 Å². The molecule has 0 radical (unpaired) electrons. The van der Waals surface area contributed by atoms with Gasteiger partial charge in [0.25, 0.3) is 5.69 Å². The molecule has 0 aliphatic carbocycles. The van der Waals surface area contributed by atoms with Crippen LogP contribution < -0.4 is 5.32 Å². The number of ether oxygens (including phenoxy) is 1. The summed E-state index contributed by atoms with van der Waals surface area (Å²) in [4.78, 5) is 10.5. The van der Waals surface area contributed by atoms with E-state index in [4.69, 9.17) is 4.74 Å². The smallest absolute Gasteiger partial charge is 0.269 e. The molecule has 0 aliphatic heterocycles. The van der Waals surface area contributed by atoms with E-state index in [1.807, 2.05) is 19.1 Å². The SMILES string of the molecule is CC(OCC(O)CNC(C)(C)Cc1ccc2ccccc2c1)c1cccc([N+](=O)[O-])c1. The number of nitro benzene ring substituents is 1. The third-order valence-corrected chi connectivity index (χ3v) is 5.37. The molecule has 31 heavy (non-hydrogen) atoms. The maximum atomic E-state index is 10.9. The lowest BCUT2D eigenvalue weighted by molar-refractivity contribution is -0.385. The fraction of sp³-hybridized carbons (Fsp3) is 0.360. The Labute approximate surface area is 183 Å². The number of hydrogen-bond acceptors (Lipinski definition) is 5. The molecule has 0 saturated carbocycles. The van der Waals surface area contributed by atoms with Crippen molar-refractivity contribution in [2.45, 2.75) is 44.9 Å². The quantitative estimate of drug-likeness (QED) is 0.362. The standard InChI is InChI=1S/C25H30N2O4/c1-18(21-9-6-10-23(14-21)27(29)30)31-17-24(28)16-26-25(2,3)15-19-11-12-20-7-4-5-8-22(20)13-19/h4-14,18,24,26,28H,15-17H2,1-3H3. The summed E-state index contributed by atoms with van der Waals surface area (Å²) in [7, 11) is 0. The molecule has 3 rings (SSSR count). The van der Waals surface area contributed by atoms with E-state index in [0.717, 1.165) is 6.42 Å². The molecule has 6 heteroatoms. The number of nitrogens with zero attached hydrogens (tertiary/aromatic N) is 1. The molecule has 0 fully saturated rings. The number of rotatable bonds is 10. The molecule has 6 nitrogen and oxygen atoms in total. The maximum absolute atomic E-state index is 10.9. The molecule has 3 aromatic carbocycles. The number of nitro groups is 1. The summed E-state index contributed by atoms with van der Waals surface area (Å²) in [6.45, 7) is 6.58. The van der Waals surface area contributed by atoms with E-state index in [1.54, 1.807) is 12.1 Å². The van der Waals surface area contributed by atoms with Crippen LogP contribution in [0.25, 0.3) is 10.8 Å². The van der Waals surface area contributed by atoms with Gasteiger partial charge in [-0.05, 0) is 49.1 Å². The van der Waals surface area contributed by atoms with E-state index in [9.17, 15) is 15.2 Å². The van der Waals surface area contributed by atoms with Gasteiger partial charge in [-0.1, -0.05) is 54.6 Å². The summed E-state index contributed by atoms with van der Waals surface area (Å²) in [5.74, 6) is 0. The summed E-state index contributed by atoms with van der Waals surface area (Å²) in [6, 6.07) is 21.2. The lowest BCUT2D eigenvalue weighted by atomic mass is 9.93. The Hall–Kier alpha value is -2.80. The molecule has 0 aromatic heterocycles. The van der Waals surface area contributed by atoms with Gasteiger partial charge in [-0.2, -0.15) is 0 Å². The Morgan fingerprint density at radius 1 is 1.06 bits per heavy atom. The first-order valence-corrected chi connectivity index (χ1v) is 10.5. The lowest BCUT2D eigenvalue weighted by Crippen LogP contribution is -2.46. The number of β-amino-alcohol motifs (C(OH)–C–C–N with tert-alkyl or cyclic N) is 1. The van der Waals surface area contributed by atoms with Crippen molar-refractivity contribution in [2.75, 3.05) is 13.2 Å². The van der Waals surface area contributed by atoms with Crippen molar-refractivity contribution in [1.82, 2.24) is 5.32 Å². The van der Waals surface area contributed by atoms with Crippen molar-refractivity contribution in [3.05, 3.63) is 88.0 Å². The van der Waals surface area contributed by atoms with Gasteiger partial charge in [0.05, 0.1) is 23.7 Å². The molecular weight excluding hydrogens is 392 g/mol. The summed E-state index contributed by atoms with van der Waals surface area (Å²) >= 11 is 0. The Bertz CT molecular complexity index is 1030. The second-order valence-corrected chi connectivity index (χ2v) is 8.60. The highest BCUT2D eigenvalue weighted by atomic mass is 16.6. The van der Waals surface area contributed by atoms with Crippen LogP contribution in [0.5, 0.6) is 0 Å². The van der Waals surface area contributed by atoms with Crippen LogP contribution >= 0.6 is 0 Å². The first-order chi connectivity index (χ1) is 14.7. The highest BCUT2D eigenvalue weighted by Gasteiger charge is 2.20. The summed E-state index contributed by atoms with van der Waals surface area (Å²) in [5.41, 5.74) is 1.78. The zero-order valence-corrected chi connectivity index (χ0v) is 18.2. The van der Waals surface area contributed by atoms with Crippen LogP contribution in [0.4, 0.5) is 5.69 Å². The summed E-state index contributed by atoms with van der Waals surface area (Å²) in [6.07, 6.45) is -0.202. The van der Waals surface area contributed by atoms with Gasteiger partial charge in [-0.25, -0.2) is 0 Å². The van der Waals surface area contributed by atoms with Gasteiger partial charge in [0, 0.05) is 24.2 Å². The summed E-state index contributed by atoms with van der Waals surface area (Å²) < 4.78 is 5.74. The molecule has 2 unspecified atom stereocenters. The minimum Gasteiger partial charge on any atom is -0.389 e. The van der Waals surface area contributed by atoms with Crippen LogP contribution in [0.2, 0.25) is 0 Å². The van der Waals surface area contributed by atoms with Crippen molar-refractivity contribution in [2.24, 2.45) is 0 Å². The molecule has 0 spiro atoms. The Kier molecular flexibility index (Phi) is 7.38. The lowest BCUT2D eigenvalue weighted by Gasteiger charge is -2.28. The first kappa shape index (κ1) is 22.9. The van der Waals surface area contributed by atoms with E-state index in [2.05, 4.69) is 49.5 Å². The van der Waals surface area contributed by atoms with Gasteiger partial charge >= 0.3 is 0 Å². The highest BCUT2D eigenvalue weighted by molar-refractivity contribution is 5.83. The molecule has 2 atom stereocenters. The van der Waals surface area contributed by atoms with Crippen LogP contribution in [0.15, 0.2) is 66.7 Å². The third-order valence-electron chi connectivity index (χ3n) is 5.37. The second kappa shape index (κ2) is 10.0. The zero-order chi connectivity index (χ0) is 22.4. The molecule has 0 bridgehead atoms. The first-order valence-electron chi connectivity index (χ1n) is 10.5. The number of aliphatic hydroxyl groups excluding tert-OH is 1. The number of aliphatic hydroxyl groups is 1. The maximum Gasteiger partial charge on any atom is 0.269 e. The fourth-order valence-electron chi connectivity index (χ4n) is 3.62. The van der Waals surface area contributed by atoms with Crippen molar-refractivity contribution in [3.63, 3.8) is 0 Å². The molecule has 0 heterocycles. The van der Waals surface area contributed by atoms with Crippen LogP contribution in [0.3, 0.4) is 0 Å². The van der Waals surface area contributed by atoms with Crippen molar-refractivity contribution in [1.29, 1.82) is 0 Å². The Balaban J connectivity index is 1.49. The van der Waals surface area contributed by atoms with E-state index in [0.29, 0.717) is 12.1 Å². The number of hydrogen-bond donors (Lipinski definition) is 2. The molecule has 0 aliphatic rings. The van der Waals surface area contributed by atoms with Crippen LogP contribution in [0, 0.1) is 10.1 Å². The molecule has 3 aromatic rings. The number of nitrogens with one attached hydrogen (secondary N) is 1. The van der Waals surface area contributed by atoms with Gasteiger partial charge in [-0.15, -0.1) is 0 Å². The predicted molar refractivity (Wildman–Crippen MR) is 123 cm³/mol. The number of benzene rings is 3. The van der Waals surface area contributed by atoms with Crippen molar-refractivity contribution >= 4 is 16.5 Å². The average Bonchev–Trinajstić information content (AvgIpc) is 2.75. The van der Waals surface area contributed by atoms with Gasteiger partial charge in [0.1, 0.15) is 0 Å². The van der Waals surface area contributed by atoms with E-state index in [-0.39, 0.29) is 23.9 Å². The van der Waals surface area contributed by atoms with E-state index < -0.39 is 11.0 Å². The van der Waals surface area contributed by atoms with Crippen LogP contribution in [-0.2, 0) is 11.2 Å². The van der Waals surface area contributed by atoms with E-state index >= 15 is 0 Å². The Morgan fingerprint density at radius 3 is 2.55 bits per heavy atom. The minimum absolute atomic E-state index is 0.0330. The van der Waals surface area contributed by atoms with Gasteiger partial charge in [0.2, 0.25) is 0 Å². The predicted octanol–water partition coefficient (Wildman–Crippen LogP) is 4.80. The van der Waals surface area contributed by atoms with E-state index in [1.165, 1.54) is 28.5 Å². The number of non-ortho nitro benzene ring substituents is 1. The molecule has 0 amide bonds. The molecule has 0 saturated heterocycles. The molecular formula is C25H30N2O4. The largest absolute Gasteiger partial charge is 0.389 e. The highest BCUT2D eigenvalue weighted by Crippen LogP contribution is 2.22. The fourth-order valence-corrected chi connectivity index (χ4v) is 3.62. The monoisotopic (exact) mass is 422 g/mol. The van der Waals surface area contributed by atoms with Crippen LogP contribution in [-0.4, -0.2) is 34.8 Å². The second-order valence-electron chi connectivity index (χ2n) is 8.60. The third kappa shape index (κ3) is 6.59. The van der Waals surface area contributed by atoms with Gasteiger partial charge < -0.3 is 15.2 Å². The number of fused-ring (bicyclic) bond motifs is 1. The molecule has 2 N–H and O–H groups in total. The van der Waals surface area contributed by atoms with Crippen molar-refractivity contribution < 1.29 is 14.8 Å². The Morgan fingerprint density at radius 2 is 1.81 bits per heavy atom. The van der Waals surface area contributed by atoms with Gasteiger partial charge in [-0.3, -0.25) is 10.1 Å². The average molecular weight is 423 g/mol. The zero-order valence-electron chi connectivity index (χ0n) is 18.2. The summed E-state index contributed by atoms with van der Waals surface area (Å²) in [5, 5.41) is 27.2. The molecule has 164 valence electrons. The van der Waals surface area contributed by atoms with Gasteiger partial charge in [0.15, 0.2) is 0 Å². The minimum atomic E-state index is -0.683. The normalized spacial score (nSPS) is 13.8.